The molecule has 1 aliphatic heterocycles. The summed E-state index contributed by atoms with van der Waals surface area (Å²) in [6.45, 7) is 15.0. The van der Waals surface area contributed by atoms with Gasteiger partial charge in [0, 0.05) is 49.8 Å². The van der Waals surface area contributed by atoms with Crippen LogP contribution in [-0.2, 0) is 85.7 Å². The van der Waals surface area contributed by atoms with E-state index in [1.54, 1.807) is 20.8 Å². The molecule has 3 saturated carbocycles. The molecule has 0 saturated heterocycles. The number of alkyl halides is 2. The molecule has 0 aromatic rings. The number of nitrogens with zero attached hydrogens (tertiary/aromatic N) is 2. The Labute approximate surface area is 623 Å². The summed E-state index contributed by atoms with van der Waals surface area (Å²) in [5.41, 5.74) is 6.00. The number of hydrogen-bond acceptors (Lipinski definition) is 24. The number of allylic oxidation sites excluding steroid dienone is 5. The van der Waals surface area contributed by atoms with Crippen LogP contribution in [0.3, 0.4) is 0 Å². The third kappa shape index (κ3) is 25.1. The highest BCUT2D eigenvalue weighted by atomic mass is 19.1. The number of quaternary nitrogens is 1. The van der Waals surface area contributed by atoms with Gasteiger partial charge in [-0.05, 0) is 101 Å². The van der Waals surface area contributed by atoms with E-state index in [0.29, 0.717) is 131 Å². The molecule has 0 aromatic carbocycles. The minimum atomic E-state index is -2.48. The number of carbonyl (C=O) groups excluding carboxylic acids is 8. The molecule has 6 amide bonds. The van der Waals surface area contributed by atoms with Crippen LogP contribution in [0.25, 0.3) is 0 Å². The summed E-state index contributed by atoms with van der Waals surface area (Å²) in [6, 6.07) is -3.70. The van der Waals surface area contributed by atoms with Crippen molar-refractivity contribution in [2.45, 2.75) is 172 Å². The van der Waals surface area contributed by atoms with Crippen molar-refractivity contribution < 1.29 is 109 Å². The summed E-state index contributed by atoms with van der Waals surface area (Å²) in [5.74, 6) is -7.15. The normalized spacial score (nSPS) is 26.4. The molecule has 5 aliphatic carbocycles. The number of aliphatic hydroxyl groups is 2. The highest BCUT2D eigenvalue weighted by Crippen LogP contribution is 2.70. The van der Waals surface area contributed by atoms with Crippen LogP contribution in [-0.4, -0.2) is 300 Å². The van der Waals surface area contributed by atoms with Gasteiger partial charge >= 0.3 is 0 Å². The van der Waals surface area contributed by atoms with E-state index in [9.17, 15) is 48.6 Å². The molecule has 0 spiro atoms. The maximum Gasteiger partial charge on any atom is 0.246 e. The van der Waals surface area contributed by atoms with Crippen LogP contribution >= 0.6 is 0 Å². The number of Topliss-reactive ketones (excluding diaryl/α,β-unsaturated/α-hetero) is 1. The lowest BCUT2D eigenvalue weighted by Gasteiger charge is -2.63. The Morgan fingerprint density at radius 2 is 1.29 bits per heavy atom. The zero-order valence-corrected chi connectivity index (χ0v) is 63.9. The molecule has 1 heterocycles. The highest BCUT2D eigenvalue weighted by molar-refractivity contribution is 6.01. The lowest BCUT2D eigenvalue weighted by Crippen LogP contribution is -2.71. The quantitative estimate of drug-likeness (QED) is 0.0289. The molecular formula is C73H124F2N11O20+. The molecule has 604 valence electrons. The molecule has 6 aliphatic rings. The van der Waals surface area contributed by atoms with Crippen LogP contribution in [0.15, 0.2) is 35.2 Å². The van der Waals surface area contributed by atoms with Crippen molar-refractivity contribution in [1.29, 1.82) is 0 Å². The summed E-state index contributed by atoms with van der Waals surface area (Å²) in [6.07, 6.45) is 2.42. The van der Waals surface area contributed by atoms with Gasteiger partial charge in [-0.1, -0.05) is 39.7 Å². The third-order valence-corrected chi connectivity index (χ3v) is 21.0. The second kappa shape index (κ2) is 44.2. The second-order valence-electron chi connectivity index (χ2n) is 29.8. The van der Waals surface area contributed by atoms with E-state index in [-0.39, 0.29) is 75.7 Å². The predicted octanol–water partition coefficient (Wildman–Crippen LogP) is 0.343. The molecule has 3 fully saturated rings. The van der Waals surface area contributed by atoms with Crippen LogP contribution in [0, 0.1) is 28.6 Å². The van der Waals surface area contributed by atoms with E-state index >= 15 is 8.78 Å². The van der Waals surface area contributed by atoms with Gasteiger partial charge in [-0.15, -0.1) is 5.53 Å². The van der Waals surface area contributed by atoms with Gasteiger partial charge < -0.3 is 105 Å². The van der Waals surface area contributed by atoms with Crippen molar-refractivity contribution in [1.82, 2.24) is 47.9 Å². The number of unbranched alkanes of at least 4 members (excludes halogenated alkanes) is 1. The van der Waals surface area contributed by atoms with Crippen LogP contribution in [0.2, 0.25) is 0 Å². The van der Waals surface area contributed by atoms with E-state index in [2.05, 4.69) is 64.0 Å². The standard InChI is InChI=1S/C73H123F2N11O20/c1-49(2)65(69(96)80-50(3)67(94)79-47-61(90)73(97-9)59(88)45-52-53-44-55(74)54-43-51(87)18-21-70(54,4)72(53,75)60(89)46-71(52,73)5)82-68(95)56(81-63(92)20-28-99-32-36-103-39-41-104-37-33-100-29-22-76)15-13-14-23-77-64(93)48-106-58-17-12-10-11-16-57-66(58)83-84-85(57)25-30-101-34-38-105-42-40-102-35-31-98-27-19-62(91)78-24-26-86(6,7)8/h18,21,43,49-50,52-53,55-56,58-60,65,83-84,88-89H,10-17,19-20,22-42,44-48,76H2,1-9H3,(H5-,77,78,79,80,81,82,91,92,93,94,95,96)/p+1/t50-,52?,53-,55-,56+,58?,59+,60-,65-,70-,71-,72-,73-/m0/s1. The number of carbonyl (C=O) groups is 8. The maximum atomic E-state index is 17.9. The lowest BCUT2D eigenvalue weighted by atomic mass is 9.44. The van der Waals surface area contributed by atoms with Gasteiger partial charge in [0.15, 0.2) is 22.8 Å². The summed E-state index contributed by atoms with van der Waals surface area (Å²) in [4.78, 5) is 108. The Balaban J connectivity index is 0.947. The smallest absolute Gasteiger partial charge is 0.246 e. The highest BCUT2D eigenvalue weighted by Gasteiger charge is 2.78. The van der Waals surface area contributed by atoms with Crippen molar-refractivity contribution in [2.75, 3.05) is 180 Å². The fourth-order valence-electron chi connectivity index (χ4n) is 15.2. The van der Waals surface area contributed by atoms with Crippen LogP contribution in [0.5, 0.6) is 0 Å². The monoisotopic (exact) mass is 1510 g/mol. The van der Waals surface area contributed by atoms with Crippen molar-refractivity contribution in [3.8, 4) is 0 Å². The van der Waals surface area contributed by atoms with Crippen molar-refractivity contribution in [2.24, 2.45) is 34.3 Å². The van der Waals surface area contributed by atoms with E-state index in [4.69, 9.17) is 53.1 Å². The topological polar surface area (TPSA) is 395 Å². The van der Waals surface area contributed by atoms with E-state index in [0.717, 1.165) is 60.3 Å². The Hall–Kier alpha value is -5.76. The van der Waals surface area contributed by atoms with Crippen molar-refractivity contribution in [3.63, 3.8) is 0 Å². The molecular weight excluding hydrogens is 1390 g/mol. The molecule has 2 unspecified atom stereocenters. The number of rotatable bonds is 51. The van der Waals surface area contributed by atoms with Crippen LogP contribution < -0.4 is 48.6 Å². The maximum absolute atomic E-state index is 17.9. The van der Waals surface area contributed by atoms with Gasteiger partial charge in [0.2, 0.25) is 35.4 Å². The number of nitrogens with one attached hydrogen (secondary N) is 8. The minimum Gasteiger partial charge on any atom is -0.390 e. The number of amides is 6. The van der Waals surface area contributed by atoms with Gasteiger partial charge in [-0.25, -0.2) is 8.78 Å². The van der Waals surface area contributed by atoms with E-state index < -0.39 is 131 Å². The molecule has 33 heteroatoms. The first-order valence-corrected chi connectivity index (χ1v) is 37.8. The fraction of sp³-hybridized carbons (Fsp3) is 0.808. The molecule has 12 N–H and O–H groups in total. The molecule has 0 bridgehead atoms. The predicted molar refractivity (Wildman–Crippen MR) is 385 cm³/mol. The summed E-state index contributed by atoms with van der Waals surface area (Å²) < 4.78 is 91.4. The van der Waals surface area contributed by atoms with E-state index in [1.165, 1.54) is 27.0 Å². The van der Waals surface area contributed by atoms with Gasteiger partial charge in [-0.3, -0.25) is 43.4 Å². The van der Waals surface area contributed by atoms with Crippen molar-refractivity contribution >= 4 is 47.0 Å². The summed E-state index contributed by atoms with van der Waals surface area (Å²) in [5, 5.41) is 42.1. The number of hydrazine groups is 2. The number of ether oxygens (including phenoxy) is 10. The number of hydrogen-bond donors (Lipinski definition) is 11. The largest absolute Gasteiger partial charge is 0.390 e. The molecule has 6 rings (SSSR count). The number of fused-ring (bicyclic) bond motifs is 5. The average molecular weight is 1510 g/mol. The fourth-order valence-corrected chi connectivity index (χ4v) is 15.2. The number of halogens is 2. The molecule has 31 nitrogen and oxygen atoms in total. The summed E-state index contributed by atoms with van der Waals surface area (Å²) >= 11 is 0. The number of nitrogens with two attached hydrogens (primary N) is 1. The Kier molecular flexibility index (Phi) is 37.2. The first kappa shape index (κ1) is 89.1. The molecule has 106 heavy (non-hydrogen) atoms. The van der Waals surface area contributed by atoms with Gasteiger partial charge in [-0.2, -0.15) is 0 Å². The first-order chi connectivity index (χ1) is 50.6. The van der Waals surface area contributed by atoms with Gasteiger partial charge in [0.1, 0.15) is 37.0 Å². The average Bonchev–Trinajstić information content (AvgIpc) is 1.41. The minimum absolute atomic E-state index is 0.00408. The third-order valence-electron chi connectivity index (χ3n) is 21.0. The number of methoxy groups -OCH3 is 1. The van der Waals surface area contributed by atoms with E-state index in [1.807, 2.05) is 5.01 Å². The Morgan fingerprint density at radius 3 is 1.90 bits per heavy atom. The number of ketones is 2. The van der Waals surface area contributed by atoms with Gasteiger partial charge in [0.05, 0.1) is 177 Å². The second-order valence-corrected chi connectivity index (χ2v) is 29.8. The van der Waals surface area contributed by atoms with Crippen LogP contribution in [0.1, 0.15) is 118 Å². The molecule has 0 radical (unpaired) electrons. The van der Waals surface area contributed by atoms with Gasteiger partial charge in [0.25, 0.3) is 0 Å². The Morgan fingerprint density at radius 1 is 0.698 bits per heavy atom. The molecule has 13 atom stereocenters. The van der Waals surface area contributed by atoms with Crippen molar-refractivity contribution in [3.05, 3.63) is 35.2 Å². The first-order valence-electron chi connectivity index (χ1n) is 37.8. The lowest BCUT2D eigenvalue weighted by molar-refractivity contribution is -0.869. The zero-order valence-electron chi connectivity index (χ0n) is 63.9. The number of likely N-dealkylation sites (N-methyl/N-ethyl adjacent to an activating group) is 1. The number of aliphatic hydroxyl groups excluding tert-OH is 2. The zero-order chi connectivity index (χ0) is 77.5. The van der Waals surface area contributed by atoms with Crippen LogP contribution in [0.4, 0.5) is 8.78 Å². The SMILES string of the molecule is CO[C@]1(C(=O)CNC(=O)[C@H](C)NC(=O)[C@@H](NC(=O)[C@@H](CCCCNC(=O)COC2CCCCCC3=C2NNN3CCOCCOCCOCCOCCC(=O)NCC[N+](C)(C)C)NC(=O)CCOCCOCCOCCOCCN)C(C)C)[C@H](O)CC2[C@@H]3C[C@H](F)C4=CC(=O)C=C[C@]4(C)[C@@]3(F)[C@@H](O)C[C@@]21C. The Bertz CT molecular complexity index is 2930. The molecule has 0 aromatic heterocycles. The summed E-state index contributed by atoms with van der Waals surface area (Å²) in [7, 11) is 7.41.